The number of ketones is 1. The first kappa shape index (κ1) is 33.2. The maximum absolute atomic E-state index is 14.2. The Morgan fingerprint density at radius 2 is 1.51 bits per heavy atom. The molecule has 3 unspecified atom stereocenters. The number of ether oxygens (including phenoxy) is 6. The summed E-state index contributed by atoms with van der Waals surface area (Å²) in [5, 5.41) is 0. The zero-order valence-electron chi connectivity index (χ0n) is 27.2. The van der Waals surface area contributed by atoms with E-state index in [4.69, 9.17) is 33.4 Å². The van der Waals surface area contributed by atoms with Crippen LogP contribution in [0, 0.1) is 5.92 Å². The van der Waals surface area contributed by atoms with Crippen LogP contribution in [0.3, 0.4) is 0 Å². The van der Waals surface area contributed by atoms with E-state index in [0.717, 1.165) is 5.56 Å². The van der Waals surface area contributed by atoms with E-state index in [9.17, 15) is 14.4 Å². The van der Waals surface area contributed by atoms with Crippen LogP contribution in [0.4, 0.5) is 0 Å². The highest BCUT2D eigenvalue weighted by atomic mass is 16.6. The van der Waals surface area contributed by atoms with E-state index in [1.165, 1.54) is 6.92 Å². The van der Waals surface area contributed by atoms with E-state index in [-0.39, 0.29) is 37.1 Å². The highest BCUT2D eigenvalue weighted by Crippen LogP contribution is 2.48. The Morgan fingerprint density at radius 1 is 0.809 bits per heavy atom. The lowest BCUT2D eigenvalue weighted by Gasteiger charge is -2.38. The van der Waals surface area contributed by atoms with Crippen LogP contribution < -0.4 is 23.7 Å². The van der Waals surface area contributed by atoms with Gasteiger partial charge in [0, 0.05) is 30.7 Å². The van der Waals surface area contributed by atoms with Crippen LogP contribution in [0.2, 0.25) is 0 Å². The summed E-state index contributed by atoms with van der Waals surface area (Å²) in [5.74, 6) is -0.237. The Kier molecular flexibility index (Phi) is 10.6. The first-order chi connectivity index (χ1) is 22.7. The average molecular weight is 642 g/mol. The Morgan fingerprint density at radius 3 is 2.21 bits per heavy atom. The van der Waals surface area contributed by atoms with Crippen molar-refractivity contribution in [3.63, 3.8) is 0 Å². The summed E-state index contributed by atoms with van der Waals surface area (Å²) >= 11 is 0. The Balaban J connectivity index is 1.50. The highest BCUT2D eigenvalue weighted by molar-refractivity contribution is 6.12. The number of para-hydroxylation sites is 1. The molecule has 1 heterocycles. The van der Waals surface area contributed by atoms with Crippen molar-refractivity contribution in [3.05, 3.63) is 89.1 Å². The fourth-order valence-electron chi connectivity index (χ4n) is 6.26. The number of aliphatic imine (C=N–C) groups is 1. The van der Waals surface area contributed by atoms with Crippen molar-refractivity contribution in [3.8, 4) is 28.7 Å². The standard InChI is InChI=1S/C37H39NO9/c1-6-44-33-21-25(13-15-31(33)47-23(3)39)35-34(37(41)46-17-16-45-27-10-8-7-9-11-27)22(2)38-28-18-26(19-29(40)36(28)35)24-12-14-30(42-4)32(20-24)43-5/h7-15,20-21,26,35-36H,6,16-19H2,1-5H3. The molecule has 0 spiro atoms. The maximum Gasteiger partial charge on any atom is 0.336 e. The van der Waals surface area contributed by atoms with Crippen molar-refractivity contribution >= 4 is 23.4 Å². The molecule has 0 aromatic heterocycles. The molecular weight excluding hydrogens is 602 g/mol. The quantitative estimate of drug-likeness (QED) is 0.129. The first-order valence-corrected chi connectivity index (χ1v) is 15.6. The van der Waals surface area contributed by atoms with Crippen molar-refractivity contribution in [1.82, 2.24) is 0 Å². The van der Waals surface area contributed by atoms with Gasteiger partial charge in [-0.1, -0.05) is 30.3 Å². The summed E-state index contributed by atoms with van der Waals surface area (Å²) in [6.45, 7) is 5.36. The molecule has 0 N–H and O–H groups in total. The number of allylic oxidation sites excluding steroid dienone is 1. The molecule has 1 saturated carbocycles. The van der Waals surface area contributed by atoms with Crippen molar-refractivity contribution in [2.75, 3.05) is 34.0 Å². The van der Waals surface area contributed by atoms with Gasteiger partial charge in [-0.2, -0.15) is 0 Å². The number of esters is 2. The minimum atomic E-state index is -0.702. The molecule has 0 amide bonds. The smallest absolute Gasteiger partial charge is 0.336 e. The maximum atomic E-state index is 14.2. The molecule has 3 atom stereocenters. The van der Waals surface area contributed by atoms with Gasteiger partial charge in [0.1, 0.15) is 24.7 Å². The molecule has 5 rings (SSSR count). The predicted molar refractivity (Wildman–Crippen MR) is 175 cm³/mol. The Hall–Kier alpha value is -5.12. The van der Waals surface area contributed by atoms with Crippen molar-refractivity contribution in [2.24, 2.45) is 10.9 Å². The van der Waals surface area contributed by atoms with E-state index in [0.29, 0.717) is 58.6 Å². The number of methoxy groups -OCH3 is 2. The van der Waals surface area contributed by atoms with Gasteiger partial charge in [-0.3, -0.25) is 14.6 Å². The minimum Gasteiger partial charge on any atom is -0.493 e. The van der Waals surface area contributed by atoms with Gasteiger partial charge in [-0.05, 0) is 73.7 Å². The molecule has 1 aliphatic carbocycles. The zero-order chi connectivity index (χ0) is 33.5. The van der Waals surface area contributed by atoms with E-state index in [2.05, 4.69) is 0 Å². The molecule has 2 aliphatic rings. The number of hydrogen-bond donors (Lipinski definition) is 0. The molecule has 0 bridgehead atoms. The summed E-state index contributed by atoms with van der Waals surface area (Å²) in [7, 11) is 3.15. The number of fused-ring (bicyclic) bond motifs is 1. The van der Waals surface area contributed by atoms with Crippen LogP contribution in [-0.2, 0) is 19.1 Å². The van der Waals surface area contributed by atoms with Crippen LogP contribution in [0.5, 0.6) is 28.7 Å². The van der Waals surface area contributed by atoms with Crippen molar-refractivity contribution in [2.45, 2.75) is 45.4 Å². The second-order valence-electron chi connectivity index (χ2n) is 11.3. The SMILES string of the molecule is CCOc1cc(C2C(C(=O)OCCOc3ccccc3)=C(C)N=C3CC(c4ccc(OC)c(OC)c4)CC(=O)C32)ccc1OC(C)=O. The molecule has 1 fully saturated rings. The summed E-state index contributed by atoms with van der Waals surface area (Å²) in [4.78, 5) is 44.6. The Bertz CT molecular complexity index is 1700. The molecule has 246 valence electrons. The largest absolute Gasteiger partial charge is 0.493 e. The molecule has 3 aromatic rings. The molecule has 47 heavy (non-hydrogen) atoms. The molecule has 10 nitrogen and oxygen atoms in total. The summed E-state index contributed by atoms with van der Waals surface area (Å²) < 4.78 is 33.5. The third-order valence-corrected chi connectivity index (χ3v) is 8.26. The summed E-state index contributed by atoms with van der Waals surface area (Å²) in [5.41, 5.74) is 3.03. The Labute approximate surface area is 274 Å². The van der Waals surface area contributed by atoms with E-state index < -0.39 is 23.8 Å². The van der Waals surface area contributed by atoms with Crippen LogP contribution in [0.25, 0.3) is 0 Å². The van der Waals surface area contributed by atoms with Gasteiger partial charge in [-0.15, -0.1) is 0 Å². The summed E-state index contributed by atoms with van der Waals surface area (Å²) in [6.07, 6.45) is 0.753. The lowest BCUT2D eigenvalue weighted by Crippen LogP contribution is -2.41. The summed E-state index contributed by atoms with van der Waals surface area (Å²) in [6, 6.07) is 20.0. The van der Waals surface area contributed by atoms with Gasteiger partial charge in [0.25, 0.3) is 0 Å². The fraction of sp³-hybridized carbons (Fsp3) is 0.351. The predicted octanol–water partition coefficient (Wildman–Crippen LogP) is 6.23. The van der Waals surface area contributed by atoms with E-state index in [1.54, 1.807) is 39.3 Å². The van der Waals surface area contributed by atoms with E-state index >= 15 is 0 Å². The van der Waals surface area contributed by atoms with Gasteiger partial charge >= 0.3 is 11.9 Å². The van der Waals surface area contributed by atoms with E-state index in [1.807, 2.05) is 55.5 Å². The van der Waals surface area contributed by atoms with Gasteiger partial charge in [0.2, 0.25) is 0 Å². The lowest BCUT2D eigenvalue weighted by molar-refractivity contribution is -0.140. The molecule has 1 aliphatic heterocycles. The fourth-order valence-corrected chi connectivity index (χ4v) is 6.26. The normalized spacial score (nSPS) is 18.9. The highest BCUT2D eigenvalue weighted by Gasteiger charge is 2.46. The number of benzene rings is 3. The third kappa shape index (κ3) is 7.48. The molecule has 3 aromatic carbocycles. The number of Topliss-reactive ketones (excluding diaryl/α,β-unsaturated/α-hetero) is 1. The molecule has 0 radical (unpaired) electrons. The molecule has 10 heteroatoms. The first-order valence-electron chi connectivity index (χ1n) is 15.6. The third-order valence-electron chi connectivity index (χ3n) is 8.26. The topological polar surface area (TPSA) is 119 Å². The number of rotatable bonds is 12. The van der Waals surface area contributed by atoms with Crippen LogP contribution in [0.1, 0.15) is 56.6 Å². The van der Waals surface area contributed by atoms with Crippen molar-refractivity contribution < 1.29 is 42.8 Å². The van der Waals surface area contributed by atoms with Crippen molar-refractivity contribution in [1.29, 1.82) is 0 Å². The van der Waals surface area contributed by atoms with Gasteiger partial charge < -0.3 is 28.4 Å². The lowest BCUT2D eigenvalue weighted by atomic mass is 9.66. The number of carbonyl (C=O) groups excluding carboxylic acids is 3. The number of nitrogens with zero attached hydrogens (tertiary/aromatic N) is 1. The second-order valence-corrected chi connectivity index (χ2v) is 11.3. The molecule has 0 saturated heterocycles. The van der Waals surface area contributed by atoms with Gasteiger partial charge in [0.05, 0.1) is 32.3 Å². The van der Waals surface area contributed by atoms with Crippen LogP contribution >= 0.6 is 0 Å². The average Bonchev–Trinajstić information content (AvgIpc) is 3.06. The molecular formula is C37H39NO9. The van der Waals surface area contributed by atoms with Gasteiger partial charge in [-0.25, -0.2) is 4.79 Å². The number of hydrogen-bond acceptors (Lipinski definition) is 10. The zero-order valence-corrected chi connectivity index (χ0v) is 27.2. The minimum absolute atomic E-state index is 0.00335. The van der Waals surface area contributed by atoms with Crippen LogP contribution in [0.15, 0.2) is 83.0 Å². The van der Waals surface area contributed by atoms with Gasteiger partial charge in [0.15, 0.2) is 23.0 Å². The second kappa shape index (κ2) is 15.0. The van der Waals surface area contributed by atoms with Crippen LogP contribution in [-0.4, -0.2) is 57.5 Å². The number of carbonyl (C=O) groups is 3. The monoisotopic (exact) mass is 641 g/mol.